The minimum Gasteiger partial charge on any atom is -0.317 e. The van der Waals surface area contributed by atoms with Crippen LogP contribution < -0.4 is 10.5 Å². The predicted octanol–water partition coefficient (Wildman–Crippen LogP) is 3.51. The van der Waals surface area contributed by atoms with Gasteiger partial charge in [0.2, 0.25) is 5.65 Å². The van der Waals surface area contributed by atoms with Crippen molar-refractivity contribution in [3.05, 3.63) is 61.7 Å². The zero-order valence-electron chi connectivity index (χ0n) is 16.9. The van der Waals surface area contributed by atoms with Gasteiger partial charge in [-0.15, -0.1) is 10.2 Å². The van der Waals surface area contributed by atoms with Crippen molar-refractivity contribution >= 4 is 44.3 Å². The number of benzene rings is 1. The molecule has 8 nitrogen and oxygen atoms in total. The SMILES string of the molecule is Cc1cc2c(cc1C(=O)N1CCc3cc(Br)cnc31)[nH]c(=O)c1nnc(C3CCC3)n12. The molecule has 1 amide bonds. The van der Waals surface area contributed by atoms with E-state index in [0.717, 1.165) is 46.2 Å². The molecule has 2 aliphatic rings. The van der Waals surface area contributed by atoms with Crippen LogP contribution >= 0.6 is 15.9 Å². The van der Waals surface area contributed by atoms with Crippen molar-refractivity contribution in [2.75, 3.05) is 11.4 Å². The molecule has 0 bridgehead atoms. The molecule has 4 heterocycles. The molecule has 1 fully saturated rings. The normalized spacial score (nSPS) is 16.1. The maximum absolute atomic E-state index is 13.4. The number of pyridine rings is 1. The highest BCUT2D eigenvalue weighted by molar-refractivity contribution is 9.10. The highest BCUT2D eigenvalue weighted by Crippen LogP contribution is 2.36. The highest BCUT2D eigenvalue weighted by Gasteiger charge is 2.29. The Hall–Kier alpha value is -3.07. The summed E-state index contributed by atoms with van der Waals surface area (Å²) in [5, 5.41) is 8.45. The molecule has 0 saturated heterocycles. The lowest BCUT2D eigenvalue weighted by atomic mass is 9.85. The molecule has 4 aromatic rings. The van der Waals surface area contributed by atoms with Crippen LogP contribution in [0.5, 0.6) is 0 Å². The van der Waals surface area contributed by atoms with Crippen LogP contribution in [0.1, 0.15) is 52.5 Å². The lowest BCUT2D eigenvalue weighted by molar-refractivity contribution is 0.0988. The van der Waals surface area contributed by atoms with E-state index in [-0.39, 0.29) is 11.5 Å². The molecule has 1 saturated carbocycles. The minimum absolute atomic E-state index is 0.114. The molecule has 1 aliphatic heterocycles. The van der Waals surface area contributed by atoms with Crippen molar-refractivity contribution in [1.29, 1.82) is 0 Å². The Morgan fingerprint density at radius 3 is 2.84 bits per heavy atom. The zero-order valence-corrected chi connectivity index (χ0v) is 18.4. The van der Waals surface area contributed by atoms with E-state index in [2.05, 4.69) is 36.1 Å². The molecule has 0 spiro atoms. The Kier molecular flexibility index (Phi) is 4.05. The van der Waals surface area contributed by atoms with Crippen LogP contribution in [0.15, 0.2) is 33.7 Å². The summed E-state index contributed by atoms with van der Waals surface area (Å²) in [7, 11) is 0. The molecule has 0 atom stereocenters. The third kappa shape index (κ3) is 2.76. The number of aryl methyl sites for hydroxylation is 1. The first kappa shape index (κ1) is 18.7. The number of aromatic amines is 1. The van der Waals surface area contributed by atoms with Gasteiger partial charge in [0.25, 0.3) is 11.5 Å². The quantitative estimate of drug-likeness (QED) is 0.475. The largest absolute Gasteiger partial charge is 0.317 e. The van der Waals surface area contributed by atoms with E-state index in [0.29, 0.717) is 35.0 Å². The number of rotatable bonds is 2. The van der Waals surface area contributed by atoms with E-state index < -0.39 is 0 Å². The number of hydrogen-bond donors (Lipinski definition) is 1. The fourth-order valence-corrected chi connectivity index (χ4v) is 4.96. The average molecular weight is 479 g/mol. The Bertz CT molecular complexity index is 1450. The standard InChI is InChI=1S/C22H19BrN6O2/c1-11-7-17-16(25-21(30)20-27-26-19(29(17)20)12-3-2-4-12)9-15(11)22(31)28-6-5-13-8-14(23)10-24-18(13)28/h7-10,12H,2-6H2,1H3,(H,25,30). The molecule has 6 rings (SSSR count). The molecule has 156 valence electrons. The lowest BCUT2D eigenvalue weighted by Gasteiger charge is -2.24. The second-order valence-electron chi connectivity index (χ2n) is 8.33. The maximum Gasteiger partial charge on any atom is 0.294 e. The smallest absolute Gasteiger partial charge is 0.294 e. The van der Waals surface area contributed by atoms with Crippen LogP contribution in [-0.4, -0.2) is 37.0 Å². The number of nitrogens with one attached hydrogen (secondary N) is 1. The average Bonchev–Trinajstić information content (AvgIpc) is 3.31. The molecule has 1 N–H and O–H groups in total. The Morgan fingerprint density at radius 1 is 1.23 bits per heavy atom. The number of hydrogen-bond acceptors (Lipinski definition) is 5. The van der Waals surface area contributed by atoms with Gasteiger partial charge in [-0.2, -0.15) is 0 Å². The van der Waals surface area contributed by atoms with Gasteiger partial charge in [-0.25, -0.2) is 4.98 Å². The number of nitrogens with zero attached hydrogens (tertiary/aromatic N) is 5. The molecular formula is C22H19BrN6O2. The van der Waals surface area contributed by atoms with Crippen LogP contribution in [0.4, 0.5) is 5.82 Å². The summed E-state index contributed by atoms with van der Waals surface area (Å²) < 4.78 is 2.77. The van der Waals surface area contributed by atoms with E-state index in [1.54, 1.807) is 17.2 Å². The summed E-state index contributed by atoms with van der Waals surface area (Å²) in [6, 6.07) is 5.73. The molecular weight excluding hydrogens is 460 g/mol. The van der Waals surface area contributed by atoms with Crippen molar-refractivity contribution in [3.8, 4) is 0 Å². The molecule has 31 heavy (non-hydrogen) atoms. The van der Waals surface area contributed by atoms with Gasteiger partial charge in [-0.3, -0.25) is 18.9 Å². The summed E-state index contributed by atoms with van der Waals surface area (Å²) >= 11 is 3.44. The van der Waals surface area contributed by atoms with Crippen molar-refractivity contribution < 1.29 is 4.79 Å². The van der Waals surface area contributed by atoms with Crippen molar-refractivity contribution in [2.45, 2.75) is 38.5 Å². The monoisotopic (exact) mass is 478 g/mol. The van der Waals surface area contributed by atoms with Gasteiger partial charge < -0.3 is 4.98 Å². The zero-order chi connectivity index (χ0) is 21.3. The minimum atomic E-state index is -0.300. The van der Waals surface area contributed by atoms with Crippen LogP contribution in [0.25, 0.3) is 16.7 Å². The first-order valence-electron chi connectivity index (χ1n) is 10.4. The second-order valence-corrected chi connectivity index (χ2v) is 9.24. The van der Waals surface area contributed by atoms with E-state index in [9.17, 15) is 9.59 Å². The fourth-order valence-electron chi connectivity index (χ4n) is 4.58. The van der Waals surface area contributed by atoms with E-state index in [4.69, 9.17) is 0 Å². The first-order valence-corrected chi connectivity index (χ1v) is 11.2. The molecule has 9 heteroatoms. The number of carbonyl (C=O) groups excluding carboxylic acids is 1. The van der Waals surface area contributed by atoms with Gasteiger partial charge in [-0.1, -0.05) is 6.42 Å². The maximum atomic E-state index is 13.4. The number of anilines is 1. The van der Waals surface area contributed by atoms with Gasteiger partial charge in [0.1, 0.15) is 11.6 Å². The second kappa shape index (κ2) is 6.71. The Labute approximate surface area is 185 Å². The molecule has 3 aromatic heterocycles. The van der Waals surface area contributed by atoms with E-state index in [1.807, 2.05) is 23.5 Å². The fraction of sp³-hybridized carbons (Fsp3) is 0.318. The summed E-state index contributed by atoms with van der Waals surface area (Å²) in [5.74, 6) is 1.74. The molecule has 1 aromatic carbocycles. The number of aromatic nitrogens is 5. The van der Waals surface area contributed by atoms with Crippen LogP contribution in [0.3, 0.4) is 0 Å². The van der Waals surface area contributed by atoms with Gasteiger partial charge in [0.05, 0.1) is 11.0 Å². The third-order valence-corrected chi connectivity index (χ3v) is 6.87. The van der Waals surface area contributed by atoms with Crippen molar-refractivity contribution in [3.63, 3.8) is 0 Å². The summed E-state index contributed by atoms with van der Waals surface area (Å²) in [6.07, 6.45) is 5.76. The topological polar surface area (TPSA) is 96.2 Å². The first-order chi connectivity index (χ1) is 15.0. The summed E-state index contributed by atoms with van der Waals surface area (Å²) in [4.78, 5) is 35.2. The number of carbonyl (C=O) groups is 1. The molecule has 0 unspecified atom stereocenters. The van der Waals surface area contributed by atoms with Gasteiger partial charge in [0, 0.05) is 28.7 Å². The lowest BCUT2D eigenvalue weighted by Crippen LogP contribution is -2.30. The van der Waals surface area contributed by atoms with E-state index >= 15 is 0 Å². The third-order valence-electron chi connectivity index (χ3n) is 6.44. The van der Waals surface area contributed by atoms with Gasteiger partial charge >= 0.3 is 0 Å². The van der Waals surface area contributed by atoms with Gasteiger partial charge in [0.15, 0.2) is 0 Å². The molecule has 0 radical (unpaired) electrons. The number of fused-ring (bicyclic) bond motifs is 4. The van der Waals surface area contributed by atoms with Crippen LogP contribution in [0.2, 0.25) is 0 Å². The summed E-state index contributed by atoms with van der Waals surface area (Å²) in [6.45, 7) is 2.50. The number of amides is 1. The van der Waals surface area contributed by atoms with Crippen molar-refractivity contribution in [1.82, 2.24) is 24.6 Å². The van der Waals surface area contributed by atoms with Crippen LogP contribution in [-0.2, 0) is 6.42 Å². The molecule has 1 aliphatic carbocycles. The summed E-state index contributed by atoms with van der Waals surface area (Å²) in [5.41, 5.74) is 3.87. The Morgan fingerprint density at radius 2 is 2.06 bits per heavy atom. The Balaban J connectivity index is 1.50. The van der Waals surface area contributed by atoms with E-state index in [1.165, 1.54) is 6.42 Å². The predicted molar refractivity (Wildman–Crippen MR) is 120 cm³/mol. The van der Waals surface area contributed by atoms with Crippen LogP contribution in [0, 0.1) is 6.92 Å². The number of halogens is 1. The van der Waals surface area contributed by atoms with Gasteiger partial charge in [-0.05, 0) is 71.4 Å². The highest BCUT2D eigenvalue weighted by atomic mass is 79.9. The number of H-pyrrole nitrogens is 1. The van der Waals surface area contributed by atoms with Crippen molar-refractivity contribution in [2.24, 2.45) is 0 Å².